The minimum atomic E-state index is -0.0368. The Hall–Kier alpha value is -2.05. The molecule has 0 aliphatic carbocycles. The second-order valence-electron chi connectivity index (χ2n) is 4.56. The van der Waals surface area contributed by atoms with Crippen LogP contribution >= 0.6 is 15.9 Å². The molecule has 0 amide bonds. The van der Waals surface area contributed by atoms with Crippen LogP contribution in [0.2, 0.25) is 0 Å². The summed E-state index contributed by atoms with van der Waals surface area (Å²) in [5.74, 6) is 0. The van der Waals surface area contributed by atoms with Gasteiger partial charge in [-0.15, -0.1) is 5.10 Å². The Kier molecular flexibility index (Phi) is 4.08. The van der Waals surface area contributed by atoms with Crippen LogP contribution in [0.25, 0.3) is 5.69 Å². The Morgan fingerprint density at radius 2 is 1.95 bits per heavy atom. The van der Waals surface area contributed by atoms with Gasteiger partial charge in [-0.05, 0) is 46.7 Å². The van der Waals surface area contributed by atoms with E-state index in [1.807, 2.05) is 54.3 Å². The second kappa shape index (κ2) is 6.15. The molecular formula is C15H14BrN5. The van der Waals surface area contributed by atoms with Crippen LogP contribution in [0, 0.1) is 0 Å². The molecule has 0 saturated heterocycles. The van der Waals surface area contributed by atoms with Gasteiger partial charge in [-0.25, -0.2) is 4.68 Å². The molecule has 1 N–H and O–H groups in total. The summed E-state index contributed by atoms with van der Waals surface area (Å²) in [5, 5.41) is 11.6. The fourth-order valence-corrected chi connectivity index (χ4v) is 2.66. The number of para-hydroxylation sites is 1. The first-order valence-corrected chi connectivity index (χ1v) is 7.32. The van der Waals surface area contributed by atoms with Crippen LogP contribution in [0.3, 0.4) is 0 Å². The van der Waals surface area contributed by atoms with E-state index in [2.05, 4.69) is 36.5 Å². The molecule has 0 aliphatic rings. The number of pyridine rings is 1. The summed E-state index contributed by atoms with van der Waals surface area (Å²) in [6, 6.07) is 12.0. The van der Waals surface area contributed by atoms with Crippen molar-refractivity contribution in [2.45, 2.75) is 6.04 Å². The standard InChI is InChI=1S/C15H14BrN5/c1-17-15(11-7-12(16)9-18-8-11)14-10-19-20-21(14)13-5-3-2-4-6-13/h2-10,15,17H,1H3. The third kappa shape index (κ3) is 2.86. The monoisotopic (exact) mass is 343 g/mol. The van der Waals surface area contributed by atoms with E-state index in [4.69, 9.17) is 0 Å². The molecule has 21 heavy (non-hydrogen) atoms. The first-order chi connectivity index (χ1) is 10.3. The Labute approximate surface area is 131 Å². The average molecular weight is 344 g/mol. The van der Waals surface area contributed by atoms with Gasteiger partial charge in [0.2, 0.25) is 0 Å². The normalized spacial score (nSPS) is 12.3. The molecule has 1 atom stereocenters. The Morgan fingerprint density at radius 1 is 1.14 bits per heavy atom. The SMILES string of the molecule is CNC(c1cncc(Br)c1)c1cnnn1-c1ccccc1. The minimum Gasteiger partial charge on any atom is -0.308 e. The molecule has 106 valence electrons. The lowest BCUT2D eigenvalue weighted by Gasteiger charge is -2.17. The van der Waals surface area contributed by atoms with Gasteiger partial charge in [0.1, 0.15) is 0 Å². The van der Waals surface area contributed by atoms with Crippen molar-refractivity contribution in [2.24, 2.45) is 0 Å². The van der Waals surface area contributed by atoms with Crippen molar-refractivity contribution in [1.82, 2.24) is 25.3 Å². The van der Waals surface area contributed by atoms with Crippen LogP contribution in [-0.4, -0.2) is 27.0 Å². The molecule has 1 unspecified atom stereocenters. The molecule has 3 aromatic rings. The van der Waals surface area contributed by atoms with Crippen LogP contribution < -0.4 is 5.32 Å². The number of benzene rings is 1. The first kappa shape index (κ1) is 13.9. The maximum Gasteiger partial charge on any atom is 0.0861 e. The van der Waals surface area contributed by atoms with E-state index >= 15 is 0 Å². The summed E-state index contributed by atoms with van der Waals surface area (Å²) in [4.78, 5) is 4.23. The van der Waals surface area contributed by atoms with Gasteiger partial charge in [0.05, 0.1) is 23.6 Å². The molecule has 5 nitrogen and oxygen atoms in total. The number of nitrogens with one attached hydrogen (secondary N) is 1. The number of halogens is 1. The van der Waals surface area contributed by atoms with E-state index in [1.165, 1.54) is 0 Å². The van der Waals surface area contributed by atoms with Gasteiger partial charge in [-0.3, -0.25) is 4.98 Å². The zero-order valence-electron chi connectivity index (χ0n) is 11.4. The van der Waals surface area contributed by atoms with Gasteiger partial charge >= 0.3 is 0 Å². The van der Waals surface area contributed by atoms with E-state index < -0.39 is 0 Å². The van der Waals surface area contributed by atoms with Gasteiger partial charge in [-0.2, -0.15) is 0 Å². The van der Waals surface area contributed by atoms with E-state index in [0.717, 1.165) is 21.4 Å². The number of aromatic nitrogens is 4. The Balaban J connectivity index is 2.05. The number of nitrogens with zero attached hydrogens (tertiary/aromatic N) is 4. The van der Waals surface area contributed by atoms with Gasteiger partial charge < -0.3 is 5.32 Å². The summed E-state index contributed by atoms with van der Waals surface area (Å²) in [5.41, 5.74) is 2.99. The highest BCUT2D eigenvalue weighted by molar-refractivity contribution is 9.10. The molecule has 0 spiro atoms. The van der Waals surface area contributed by atoms with Crippen molar-refractivity contribution in [3.63, 3.8) is 0 Å². The summed E-state index contributed by atoms with van der Waals surface area (Å²) in [6.45, 7) is 0. The van der Waals surface area contributed by atoms with Gasteiger partial charge in [0.15, 0.2) is 0 Å². The summed E-state index contributed by atoms with van der Waals surface area (Å²) < 4.78 is 2.78. The highest BCUT2D eigenvalue weighted by Gasteiger charge is 2.19. The molecule has 0 bridgehead atoms. The van der Waals surface area contributed by atoms with E-state index in [-0.39, 0.29) is 6.04 Å². The van der Waals surface area contributed by atoms with E-state index in [1.54, 1.807) is 12.4 Å². The molecule has 0 saturated carbocycles. The molecule has 3 rings (SSSR count). The summed E-state index contributed by atoms with van der Waals surface area (Å²) >= 11 is 3.46. The number of rotatable bonds is 4. The molecule has 0 aliphatic heterocycles. The maximum absolute atomic E-state index is 4.23. The number of hydrogen-bond acceptors (Lipinski definition) is 4. The van der Waals surface area contributed by atoms with Crippen LogP contribution in [-0.2, 0) is 0 Å². The lowest BCUT2D eigenvalue weighted by atomic mass is 10.1. The predicted molar refractivity (Wildman–Crippen MR) is 84.2 cm³/mol. The van der Waals surface area contributed by atoms with E-state index in [9.17, 15) is 0 Å². The fraction of sp³-hybridized carbons (Fsp3) is 0.133. The van der Waals surface area contributed by atoms with Crippen LogP contribution in [0.15, 0.2) is 59.5 Å². The molecular weight excluding hydrogens is 330 g/mol. The molecule has 2 aromatic heterocycles. The van der Waals surface area contributed by atoms with E-state index in [0.29, 0.717) is 0 Å². The zero-order chi connectivity index (χ0) is 14.7. The first-order valence-electron chi connectivity index (χ1n) is 6.53. The van der Waals surface area contributed by atoms with Crippen LogP contribution in [0.4, 0.5) is 0 Å². The van der Waals surface area contributed by atoms with Crippen molar-refractivity contribution in [2.75, 3.05) is 7.05 Å². The van der Waals surface area contributed by atoms with Crippen molar-refractivity contribution >= 4 is 15.9 Å². The predicted octanol–water partition coefficient (Wildman–Crippen LogP) is 2.73. The fourth-order valence-electron chi connectivity index (χ4n) is 2.28. The third-order valence-corrected chi connectivity index (χ3v) is 3.65. The van der Waals surface area contributed by atoms with Crippen molar-refractivity contribution in [3.8, 4) is 5.69 Å². The van der Waals surface area contributed by atoms with Gasteiger partial charge in [0, 0.05) is 16.9 Å². The molecule has 0 radical (unpaired) electrons. The number of hydrogen-bond donors (Lipinski definition) is 1. The van der Waals surface area contributed by atoms with Gasteiger partial charge in [-0.1, -0.05) is 23.4 Å². The lowest BCUT2D eigenvalue weighted by Crippen LogP contribution is -2.21. The smallest absolute Gasteiger partial charge is 0.0861 e. The Morgan fingerprint density at radius 3 is 2.67 bits per heavy atom. The lowest BCUT2D eigenvalue weighted by molar-refractivity contribution is 0.631. The van der Waals surface area contributed by atoms with Crippen molar-refractivity contribution in [1.29, 1.82) is 0 Å². The van der Waals surface area contributed by atoms with Gasteiger partial charge in [0.25, 0.3) is 0 Å². The quantitative estimate of drug-likeness (QED) is 0.791. The van der Waals surface area contributed by atoms with Crippen molar-refractivity contribution in [3.05, 3.63) is 70.7 Å². The Bertz CT molecular complexity index is 726. The highest BCUT2D eigenvalue weighted by Crippen LogP contribution is 2.24. The highest BCUT2D eigenvalue weighted by atomic mass is 79.9. The second-order valence-corrected chi connectivity index (χ2v) is 5.48. The molecule has 1 aromatic carbocycles. The molecule has 6 heteroatoms. The zero-order valence-corrected chi connectivity index (χ0v) is 13.0. The van der Waals surface area contributed by atoms with Crippen LogP contribution in [0.1, 0.15) is 17.3 Å². The average Bonchev–Trinajstić information content (AvgIpc) is 2.98. The maximum atomic E-state index is 4.23. The summed E-state index contributed by atoms with van der Waals surface area (Å²) in [6.07, 6.45) is 5.38. The van der Waals surface area contributed by atoms with Crippen molar-refractivity contribution < 1.29 is 0 Å². The largest absolute Gasteiger partial charge is 0.308 e. The summed E-state index contributed by atoms with van der Waals surface area (Å²) in [7, 11) is 1.91. The molecule has 0 fully saturated rings. The minimum absolute atomic E-state index is 0.0368. The third-order valence-electron chi connectivity index (χ3n) is 3.22. The van der Waals surface area contributed by atoms with Crippen LogP contribution in [0.5, 0.6) is 0 Å². The molecule has 2 heterocycles. The topological polar surface area (TPSA) is 55.6 Å².